The van der Waals surface area contributed by atoms with Crippen LogP contribution in [0, 0.1) is 11.3 Å². The topological polar surface area (TPSA) is 54.5 Å². The summed E-state index contributed by atoms with van der Waals surface area (Å²) in [6, 6.07) is 9.76. The summed E-state index contributed by atoms with van der Waals surface area (Å²) < 4.78 is 1.83. The molecule has 0 spiro atoms. The van der Waals surface area contributed by atoms with Gasteiger partial charge in [-0.05, 0) is 30.5 Å². The predicted octanol–water partition coefficient (Wildman–Crippen LogP) is 2.73. The summed E-state index contributed by atoms with van der Waals surface area (Å²) in [4.78, 5) is 0. The van der Waals surface area contributed by atoms with Crippen LogP contribution in [-0.4, -0.2) is 15.0 Å². The number of nitrogens with zero attached hydrogens (tertiary/aromatic N) is 4. The van der Waals surface area contributed by atoms with E-state index in [1.54, 1.807) is 0 Å². The van der Waals surface area contributed by atoms with Crippen molar-refractivity contribution in [1.82, 2.24) is 15.0 Å². The molecular weight excluding hydrogens is 248 g/mol. The van der Waals surface area contributed by atoms with Gasteiger partial charge in [-0.15, -0.1) is 5.10 Å². The van der Waals surface area contributed by atoms with Gasteiger partial charge in [-0.3, -0.25) is 0 Å². The van der Waals surface area contributed by atoms with E-state index in [1.807, 2.05) is 28.9 Å². The van der Waals surface area contributed by atoms with Gasteiger partial charge in [-0.25, -0.2) is 4.68 Å². The zero-order valence-electron chi connectivity index (χ0n) is 9.67. The second-order valence-electron chi connectivity index (χ2n) is 4.49. The molecule has 0 saturated heterocycles. The van der Waals surface area contributed by atoms with Crippen molar-refractivity contribution in [2.75, 3.05) is 0 Å². The fraction of sp³-hybridized carbons (Fsp3) is 0.308. The van der Waals surface area contributed by atoms with Gasteiger partial charge in [0.1, 0.15) is 6.07 Å². The van der Waals surface area contributed by atoms with E-state index >= 15 is 0 Å². The molecule has 18 heavy (non-hydrogen) atoms. The average molecular weight is 259 g/mol. The van der Waals surface area contributed by atoms with Crippen LogP contribution in [0.2, 0.25) is 5.02 Å². The Hall–Kier alpha value is -1.86. The first-order valence-electron chi connectivity index (χ1n) is 5.86. The third-order valence-corrected chi connectivity index (χ3v) is 3.34. The van der Waals surface area contributed by atoms with Gasteiger partial charge in [0.25, 0.3) is 0 Å². The lowest BCUT2D eigenvalue weighted by molar-refractivity contribution is 0.619. The highest BCUT2D eigenvalue weighted by Gasteiger charge is 2.31. The van der Waals surface area contributed by atoms with Crippen LogP contribution < -0.4 is 0 Å². The minimum Gasteiger partial charge on any atom is -0.243 e. The molecule has 0 unspecified atom stereocenters. The second-order valence-corrected chi connectivity index (χ2v) is 4.93. The maximum Gasteiger partial charge on any atom is 0.186 e. The van der Waals surface area contributed by atoms with Crippen LogP contribution >= 0.6 is 11.6 Å². The van der Waals surface area contributed by atoms with E-state index in [0.717, 1.165) is 29.1 Å². The average Bonchev–Trinajstić information content (AvgIpc) is 3.14. The van der Waals surface area contributed by atoms with Crippen LogP contribution in [-0.2, 0) is 6.54 Å². The lowest BCUT2D eigenvalue weighted by Gasteiger charge is -2.05. The molecule has 0 N–H and O–H groups in total. The number of nitriles is 1. The molecule has 1 aromatic carbocycles. The minimum absolute atomic E-state index is 0.460. The normalized spacial score (nSPS) is 14.4. The summed E-state index contributed by atoms with van der Waals surface area (Å²) in [6.07, 6.45) is 2.26. The number of benzene rings is 1. The van der Waals surface area contributed by atoms with E-state index in [1.165, 1.54) is 0 Å². The molecule has 4 nitrogen and oxygen atoms in total. The molecule has 90 valence electrons. The van der Waals surface area contributed by atoms with Crippen molar-refractivity contribution >= 4 is 11.6 Å². The van der Waals surface area contributed by atoms with Crippen molar-refractivity contribution in [1.29, 1.82) is 5.26 Å². The molecule has 1 aliphatic rings. The van der Waals surface area contributed by atoms with Crippen LogP contribution in [0.25, 0.3) is 0 Å². The first kappa shape index (κ1) is 11.2. The molecule has 1 saturated carbocycles. The molecule has 1 fully saturated rings. The zero-order chi connectivity index (χ0) is 12.5. The fourth-order valence-corrected chi connectivity index (χ4v) is 2.17. The van der Waals surface area contributed by atoms with Crippen molar-refractivity contribution in [3.05, 3.63) is 46.2 Å². The van der Waals surface area contributed by atoms with Crippen molar-refractivity contribution in [2.45, 2.75) is 25.3 Å². The Bertz CT molecular complexity index is 605. The molecule has 0 aliphatic heterocycles. The van der Waals surface area contributed by atoms with Gasteiger partial charge in [-0.1, -0.05) is 28.9 Å². The predicted molar refractivity (Wildman–Crippen MR) is 67.3 cm³/mol. The number of halogens is 1. The Morgan fingerprint density at radius 2 is 2.06 bits per heavy atom. The van der Waals surface area contributed by atoms with Gasteiger partial charge in [0.2, 0.25) is 0 Å². The molecule has 2 aromatic rings. The van der Waals surface area contributed by atoms with E-state index < -0.39 is 0 Å². The Morgan fingerprint density at radius 1 is 1.33 bits per heavy atom. The number of hydrogen-bond donors (Lipinski definition) is 0. The van der Waals surface area contributed by atoms with Crippen molar-refractivity contribution in [2.24, 2.45) is 0 Å². The Labute approximate surface area is 110 Å². The molecule has 3 rings (SSSR count). The van der Waals surface area contributed by atoms with Crippen LogP contribution in [0.15, 0.2) is 24.3 Å². The third-order valence-electron chi connectivity index (χ3n) is 3.09. The van der Waals surface area contributed by atoms with Gasteiger partial charge in [0.15, 0.2) is 5.69 Å². The molecular formula is C13H11ClN4. The standard InChI is InChI=1S/C13H11ClN4/c14-11-5-1-9(2-6-11)8-18-13(10-3-4-10)12(7-15)16-17-18/h1-2,5-6,10H,3-4,8H2. The molecule has 1 aromatic heterocycles. The molecule has 5 heteroatoms. The Morgan fingerprint density at radius 3 is 2.67 bits per heavy atom. The van der Waals surface area contributed by atoms with Gasteiger partial charge < -0.3 is 0 Å². The highest BCUT2D eigenvalue weighted by atomic mass is 35.5. The lowest BCUT2D eigenvalue weighted by atomic mass is 10.2. The molecule has 0 amide bonds. The first-order chi connectivity index (χ1) is 8.78. The van der Waals surface area contributed by atoms with Gasteiger partial charge in [0.05, 0.1) is 12.2 Å². The summed E-state index contributed by atoms with van der Waals surface area (Å²) in [6.45, 7) is 0.637. The van der Waals surface area contributed by atoms with Crippen LogP contribution in [0.4, 0.5) is 0 Å². The summed E-state index contributed by atoms with van der Waals surface area (Å²) in [7, 11) is 0. The van der Waals surface area contributed by atoms with Crippen molar-refractivity contribution < 1.29 is 0 Å². The molecule has 1 aliphatic carbocycles. The minimum atomic E-state index is 0.460. The molecule has 1 heterocycles. The Kier molecular flexibility index (Phi) is 2.77. The third kappa shape index (κ3) is 2.09. The fourth-order valence-electron chi connectivity index (χ4n) is 2.04. The van der Waals surface area contributed by atoms with Crippen LogP contribution in [0.5, 0.6) is 0 Å². The van der Waals surface area contributed by atoms with Gasteiger partial charge in [0, 0.05) is 10.9 Å². The van der Waals surface area contributed by atoms with E-state index in [4.69, 9.17) is 16.9 Å². The van der Waals surface area contributed by atoms with Crippen LogP contribution in [0.1, 0.15) is 35.7 Å². The zero-order valence-corrected chi connectivity index (χ0v) is 10.4. The van der Waals surface area contributed by atoms with Crippen molar-refractivity contribution in [3.63, 3.8) is 0 Å². The SMILES string of the molecule is N#Cc1nnn(Cc2ccc(Cl)cc2)c1C1CC1. The monoisotopic (exact) mass is 258 g/mol. The van der Waals surface area contributed by atoms with Crippen molar-refractivity contribution in [3.8, 4) is 6.07 Å². The van der Waals surface area contributed by atoms with Gasteiger partial charge >= 0.3 is 0 Å². The lowest BCUT2D eigenvalue weighted by Crippen LogP contribution is -2.06. The second kappa shape index (κ2) is 4.43. The highest BCUT2D eigenvalue weighted by molar-refractivity contribution is 6.30. The first-order valence-corrected chi connectivity index (χ1v) is 6.23. The maximum absolute atomic E-state index is 9.03. The number of rotatable bonds is 3. The van der Waals surface area contributed by atoms with Gasteiger partial charge in [-0.2, -0.15) is 5.26 Å². The van der Waals surface area contributed by atoms with E-state index in [9.17, 15) is 0 Å². The summed E-state index contributed by atoms with van der Waals surface area (Å²) in [5.41, 5.74) is 2.55. The van der Waals surface area contributed by atoms with E-state index in [0.29, 0.717) is 18.2 Å². The summed E-state index contributed by atoms with van der Waals surface area (Å²) in [5.74, 6) is 0.460. The molecule has 0 radical (unpaired) electrons. The molecule has 0 bridgehead atoms. The largest absolute Gasteiger partial charge is 0.243 e. The van der Waals surface area contributed by atoms with E-state index in [2.05, 4.69) is 16.4 Å². The van der Waals surface area contributed by atoms with Crippen LogP contribution in [0.3, 0.4) is 0 Å². The Balaban J connectivity index is 1.91. The number of hydrogen-bond acceptors (Lipinski definition) is 3. The maximum atomic E-state index is 9.03. The summed E-state index contributed by atoms with van der Waals surface area (Å²) >= 11 is 5.86. The number of aromatic nitrogens is 3. The van der Waals surface area contributed by atoms with E-state index in [-0.39, 0.29) is 0 Å². The molecule has 0 atom stereocenters. The highest BCUT2D eigenvalue weighted by Crippen LogP contribution is 2.41. The quantitative estimate of drug-likeness (QED) is 0.851. The smallest absolute Gasteiger partial charge is 0.186 e. The summed E-state index contributed by atoms with van der Waals surface area (Å²) in [5, 5.41) is 17.8.